The van der Waals surface area contributed by atoms with Gasteiger partial charge < -0.3 is 39.3 Å². The standard InChI is InChI=1S/C22H18N4O2.C21H18N5O2.2Pd/c1-14-11-15(2)19(13-17(14)18-12-16(3)25-26-18)27-21-8-6-9-22(24-21)28-20-7-4-5-10-23-20;1-13-11-14(2)21(24-20(13)27-18-8-4-5-10-22-18)28-19-9-6-7-16(23-19)17-12-15(3)25-26-17;;/h2*4-12H,1-3H3;;/q-2;-1;;+2. The van der Waals surface area contributed by atoms with Crippen LogP contribution in [0.4, 0.5) is 0 Å². The van der Waals surface area contributed by atoms with Gasteiger partial charge in [0.1, 0.15) is 0 Å². The van der Waals surface area contributed by atoms with E-state index in [9.17, 15) is 0 Å². The minimum atomic E-state index is 0. The van der Waals surface area contributed by atoms with Crippen molar-refractivity contribution < 1.29 is 59.8 Å². The minimum Gasteiger partial charge on any atom is -0.619 e. The molecular formula is C43H36N9O4Pd2-. The molecule has 8 rings (SSSR count). The average molecular weight is 956 g/mol. The van der Waals surface area contributed by atoms with Gasteiger partial charge in [0.15, 0.2) is 0 Å². The van der Waals surface area contributed by atoms with Gasteiger partial charge in [-0.25, -0.2) is 20.6 Å². The molecule has 298 valence electrons. The normalized spacial score (nSPS) is 10.3. The molecule has 7 aromatic heterocycles. The molecule has 0 bridgehead atoms. The molecule has 0 amide bonds. The van der Waals surface area contributed by atoms with Crippen LogP contribution in [0.15, 0.2) is 109 Å². The Kier molecular flexibility index (Phi) is 14.7. The van der Waals surface area contributed by atoms with Crippen molar-refractivity contribution in [1.29, 1.82) is 0 Å². The molecular weight excluding hydrogens is 919 g/mol. The first-order chi connectivity index (χ1) is 27.2. The van der Waals surface area contributed by atoms with Gasteiger partial charge in [-0.15, -0.1) is 11.6 Å². The fraction of sp³-hybridized carbons (Fsp3) is 0.140. The van der Waals surface area contributed by atoms with Gasteiger partial charge in [-0.1, -0.05) is 67.6 Å². The first kappa shape index (κ1) is 43.0. The maximum Gasteiger partial charge on any atom is 2.00 e. The molecule has 0 atom stereocenters. The second-order valence-electron chi connectivity index (χ2n) is 12.7. The van der Waals surface area contributed by atoms with Crippen LogP contribution >= 0.6 is 0 Å². The zero-order chi connectivity index (χ0) is 39.0. The molecule has 0 saturated heterocycles. The number of nitrogens with zero attached hydrogens (tertiary/aromatic N) is 9. The molecule has 7 heterocycles. The summed E-state index contributed by atoms with van der Waals surface area (Å²) in [5.74, 6) is 3.62. The fourth-order valence-corrected chi connectivity index (χ4v) is 5.44. The van der Waals surface area contributed by atoms with Crippen LogP contribution in [-0.2, 0) is 40.8 Å². The molecule has 0 spiro atoms. The number of hydrogen-bond acceptors (Lipinski definition) is 11. The Bertz CT molecular complexity index is 2590. The number of ether oxygens (including phenoxy) is 4. The van der Waals surface area contributed by atoms with Gasteiger partial charge in [0.05, 0.1) is 11.4 Å². The SMILES string of the molecule is Cc1cc(-c2[c-]c(Oc3cccc(Oc4ccccn4)n3)c(C)cc2C)[n-]n1.Cc1cc(-c2cccc(Oc3nc(Oc4ccccn4)c(C)cc3C)n2)[n-]n1.[Pd+2].[Pd]. The summed E-state index contributed by atoms with van der Waals surface area (Å²) in [6, 6.07) is 32.8. The summed E-state index contributed by atoms with van der Waals surface area (Å²) < 4.78 is 23.4. The summed E-state index contributed by atoms with van der Waals surface area (Å²) in [5, 5.41) is 16.4. The van der Waals surface area contributed by atoms with Gasteiger partial charge in [-0.05, 0) is 52.0 Å². The van der Waals surface area contributed by atoms with Crippen LogP contribution in [0.1, 0.15) is 33.6 Å². The number of aryl methyl sites for hydroxylation is 6. The van der Waals surface area contributed by atoms with Crippen molar-refractivity contribution in [2.45, 2.75) is 41.5 Å². The Hall–Kier alpha value is -6.09. The van der Waals surface area contributed by atoms with Gasteiger partial charge in [-0.3, -0.25) is 0 Å². The summed E-state index contributed by atoms with van der Waals surface area (Å²) in [7, 11) is 0. The number of rotatable bonds is 10. The van der Waals surface area contributed by atoms with E-state index in [-0.39, 0.29) is 40.8 Å². The molecule has 0 aliphatic carbocycles. The number of pyridine rings is 5. The Labute approximate surface area is 363 Å². The van der Waals surface area contributed by atoms with Crippen molar-refractivity contribution in [3.63, 3.8) is 0 Å². The van der Waals surface area contributed by atoms with Crippen molar-refractivity contribution in [3.05, 3.63) is 149 Å². The topological polar surface area (TPSA) is 155 Å². The van der Waals surface area contributed by atoms with E-state index in [2.05, 4.69) is 51.4 Å². The van der Waals surface area contributed by atoms with E-state index in [4.69, 9.17) is 18.9 Å². The molecule has 0 aliphatic heterocycles. The maximum atomic E-state index is 6.00. The smallest absolute Gasteiger partial charge is 0.619 e. The Balaban J connectivity index is 0.000000214. The van der Waals surface area contributed by atoms with Gasteiger partial charge in [0.25, 0.3) is 0 Å². The van der Waals surface area contributed by atoms with Crippen LogP contribution in [0.25, 0.3) is 22.6 Å². The van der Waals surface area contributed by atoms with Gasteiger partial charge in [-0.2, -0.15) is 15.5 Å². The first-order valence-corrected chi connectivity index (χ1v) is 17.6. The van der Waals surface area contributed by atoms with Crippen LogP contribution < -0.4 is 29.1 Å². The fourth-order valence-electron chi connectivity index (χ4n) is 5.44. The van der Waals surface area contributed by atoms with Gasteiger partial charge in [0.2, 0.25) is 41.2 Å². The largest absolute Gasteiger partial charge is 2.00 e. The van der Waals surface area contributed by atoms with Crippen LogP contribution in [0.3, 0.4) is 0 Å². The van der Waals surface area contributed by atoms with Crippen molar-refractivity contribution in [3.8, 4) is 69.6 Å². The molecule has 0 unspecified atom stereocenters. The summed E-state index contributed by atoms with van der Waals surface area (Å²) in [4.78, 5) is 21.7. The summed E-state index contributed by atoms with van der Waals surface area (Å²) in [6.45, 7) is 11.6. The van der Waals surface area contributed by atoms with E-state index in [1.807, 2.05) is 108 Å². The third kappa shape index (κ3) is 11.1. The molecule has 0 radical (unpaired) electrons. The Morgan fingerprint density at radius 3 is 1.59 bits per heavy atom. The molecule has 13 nitrogen and oxygen atoms in total. The Morgan fingerprint density at radius 1 is 0.483 bits per heavy atom. The zero-order valence-electron chi connectivity index (χ0n) is 32.2. The quantitative estimate of drug-likeness (QED) is 0.0946. The van der Waals surface area contributed by atoms with E-state index in [0.717, 1.165) is 44.9 Å². The van der Waals surface area contributed by atoms with Crippen LogP contribution in [-0.4, -0.2) is 35.1 Å². The summed E-state index contributed by atoms with van der Waals surface area (Å²) >= 11 is 0. The van der Waals surface area contributed by atoms with E-state index in [1.165, 1.54) is 0 Å². The van der Waals surface area contributed by atoms with Crippen LogP contribution in [0.2, 0.25) is 0 Å². The monoisotopic (exact) mass is 954 g/mol. The second-order valence-corrected chi connectivity index (χ2v) is 12.7. The summed E-state index contributed by atoms with van der Waals surface area (Å²) in [5.41, 5.74) is 8.52. The van der Waals surface area contributed by atoms with E-state index in [1.54, 1.807) is 42.7 Å². The second kappa shape index (κ2) is 19.9. The van der Waals surface area contributed by atoms with Crippen LogP contribution in [0.5, 0.6) is 46.9 Å². The van der Waals surface area contributed by atoms with Crippen molar-refractivity contribution in [1.82, 2.24) is 45.3 Å². The molecule has 15 heteroatoms. The third-order valence-corrected chi connectivity index (χ3v) is 8.09. The molecule has 58 heavy (non-hydrogen) atoms. The van der Waals surface area contributed by atoms with Crippen molar-refractivity contribution in [2.24, 2.45) is 0 Å². The molecule has 0 N–H and O–H groups in total. The zero-order valence-corrected chi connectivity index (χ0v) is 35.3. The van der Waals surface area contributed by atoms with Crippen molar-refractivity contribution in [2.75, 3.05) is 0 Å². The summed E-state index contributed by atoms with van der Waals surface area (Å²) in [6.07, 6.45) is 3.33. The van der Waals surface area contributed by atoms with Crippen molar-refractivity contribution >= 4 is 0 Å². The van der Waals surface area contributed by atoms with Gasteiger partial charge >= 0.3 is 20.4 Å². The van der Waals surface area contributed by atoms with Crippen LogP contribution in [0, 0.1) is 47.6 Å². The predicted molar refractivity (Wildman–Crippen MR) is 208 cm³/mol. The number of benzene rings is 1. The Morgan fingerprint density at radius 2 is 1.00 bits per heavy atom. The minimum absolute atomic E-state index is 0. The van der Waals surface area contributed by atoms with Gasteiger partial charge in [0, 0.05) is 85.7 Å². The van der Waals surface area contributed by atoms with E-state index in [0.29, 0.717) is 58.3 Å². The number of aromatic nitrogens is 9. The maximum absolute atomic E-state index is 6.00. The first-order valence-electron chi connectivity index (χ1n) is 17.6. The molecule has 1 aromatic carbocycles. The molecule has 0 saturated carbocycles. The number of hydrogen-bond donors (Lipinski definition) is 0. The predicted octanol–water partition coefficient (Wildman–Crippen LogP) is 9.20. The van der Waals surface area contributed by atoms with E-state index >= 15 is 0 Å². The third-order valence-electron chi connectivity index (χ3n) is 8.09. The average Bonchev–Trinajstić information content (AvgIpc) is 3.84. The molecule has 0 fully saturated rings. The molecule has 8 aromatic rings. The molecule has 0 aliphatic rings. The van der Waals surface area contributed by atoms with E-state index < -0.39 is 0 Å².